The first-order valence-corrected chi connectivity index (χ1v) is 8.34. The highest BCUT2D eigenvalue weighted by molar-refractivity contribution is 5.68. The SMILES string of the molecule is COC(=O)Cn1nnnc1C(CC(C)C)NC1CCC(N)CC1. The Hall–Kier alpha value is -1.54. The molecule has 1 unspecified atom stereocenters. The Morgan fingerprint density at radius 2 is 2.09 bits per heavy atom. The summed E-state index contributed by atoms with van der Waals surface area (Å²) in [5.74, 6) is 0.825. The molecule has 1 aliphatic rings. The molecule has 1 heterocycles. The molecule has 0 radical (unpaired) electrons. The van der Waals surface area contributed by atoms with E-state index in [-0.39, 0.29) is 18.6 Å². The Bertz CT molecular complexity index is 496. The summed E-state index contributed by atoms with van der Waals surface area (Å²) in [6.07, 6.45) is 5.12. The molecule has 1 aromatic heterocycles. The minimum Gasteiger partial charge on any atom is -0.468 e. The van der Waals surface area contributed by atoms with Crippen molar-refractivity contribution in [1.82, 2.24) is 25.5 Å². The van der Waals surface area contributed by atoms with Crippen molar-refractivity contribution in [3.63, 3.8) is 0 Å². The van der Waals surface area contributed by atoms with Gasteiger partial charge in [-0.2, -0.15) is 0 Å². The van der Waals surface area contributed by atoms with E-state index in [9.17, 15) is 4.79 Å². The van der Waals surface area contributed by atoms with Crippen molar-refractivity contribution in [1.29, 1.82) is 0 Å². The van der Waals surface area contributed by atoms with E-state index in [0.29, 0.717) is 23.8 Å². The third-order valence-corrected chi connectivity index (χ3v) is 4.29. The monoisotopic (exact) mass is 324 g/mol. The molecular formula is C15H28N6O2. The maximum atomic E-state index is 11.5. The number of nitrogens with one attached hydrogen (secondary N) is 1. The van der Waals surface area contributed by atoms with Crippen LogP contribution >= 0.6 is 0 Å². The first kappa shape index (κ1) is 17.8. The standard InChI is InChI=1S/C15H28N6O2/c1-10(2)8-13(17-12-6-4-11(16)5-7-12)15-18-19-20-21(15)9-14(22)23-3/h10-13,17H,4-9,16H2,1-3H3. The molecule has 1 fully saturated rings. The number of hydrogen-bond acceptors (Lipinski definition) is 7. The second-order valence-corrected chi connectivity index (χ2v) is 6.73. The summed E-state index contributed by atoms with van der Waals surface area (Å²) < 4.78 is 6.24. The summed E-state index contributed by atoms with van der Waals surface area (Å²) in [5, 5.41) is 15.5. The Balaban J connectivity index is 2.08. The molecule has 2 rings (SSSR count). The lowest BCUT2D eigenvalue weighted by Crippen LogP contribution is -2.40. The first-order valence-electron chi connectivity index (χ1n) is 8.34. The zero-order chi connectivity index (χ0) is 16.8. The molecule has 1 saturated carbocycles. The van der Waals surface area contributed by atoms with Gasteiger partial charge in [-0.3, -0.25) is 4.79 Å². The number of methoxy groups -OCH3 is 1. The van der Waals surface area contributed by atoms with Crippen LogP contribution in [0.4, 0.5) is 0 Å². The van der Waals surface area contributed by atoms with Crippen LogP contribution in [0.5, 0.6) is 0 Å². The average Bonchev–Trinajstić information content (AvgIpc) is 2.96. The minimum atomic E-state index is -0.356. The summed E-state index contributed by atoms with van der Waals surface area (Å²) in [7, 11) is 1.36. The van der Waals surface area contributed by atoms with Crippen molar-refractivity contribution in [2.45, 2.75) is 70.6 Å². The molecular weight excluding hydrogens is 296 g/mol. The van der Waals surface area contributed by atoms with Crippen molar-refractivity contribution in [3.8, 4) is 0 Å². The number of aromatic nitrogens is 4. The molecule has 0 saturated heterocycles. The van der Waals surface area contributed by atoms with Crippen LogP contribution in [-0.2, 0) is 16.1 Å². The zero-order valence-electron chi connectivity index (χ0n) is 14.2. The van der Waals surface area contributed by atoms with Crippen LogP contribution in [0.1, 0.15) is 57.8 Å². The Kier molecular flexibility index (Phi) is 6.47. The van der Waals surface area contributed by atoms with Crippen molar-refractivity contribution >= 4 is 5.97 Å². The lowest BCUT2D eigenvalue weighted by Gasteiger charge is -2.31. The highest BCUT2D eigenvalue weighted by Gasteiger charge is 2.26. The van der Waals surface area contributed by atoms with Crippen molar-refractivity contribution in [2.75, 3.05) is 7.11 Å². The second-order valence-electron chi connectivity index (χ2n) is 6.73. The number of carbonyl (C=O) groups excluding carboxylic acids is 1. The van der Waals surface area contributed by atoms with Gasteiger partial charge in [-0.1, -0.05) is 13.8 Å². The van der Waals surface area contributed by atoms with Crippen LogP contribution in [0.15, 0.2) is 0 Å². The van der Waals surface area contributed by atoms with E-state index in [1.807, 2.05) is 0 Å². The van der Waals surface area contributed by atoms with Gasteiger partial charge < -0.3 is 15.8 Å². The van der Waals surface area contributed by atoms with Crippen LogP contribution < -0.4 is 11.1 Å². The minimum absolute atomic E-state index is 0.0222. The molecule has 130 valence electrons. The van der Waals surface area contributed by atoms with Gasteiger partial charge in [-0.25, -0.2) is 4.68 Å². The molecule has 1 aliphatic carbocycles. The van der Waals surface area contributed by atoms with Crippen LogP contribution in [0.25, 0.3) is 0 Å². The largest absolute Gasteiger partial charge is 0.468 e. The van der Waals surface area contributed by atoms with E-state index in [2.05, 4.69) is 34.7 Å². The van der Waals surface area contributed by atoms with Gasteiger partial charge >= 0.3 is 5.97 Å². The van der Waals surface area contributed by atoms with E-state index < -0.39 is 0 Å². The predicted octanol–water partition coefficient (Wildman–Crippen LogP) is 0.793. The van der Waals surface area contributed by atoms with E-state index in [1.165, 1.54) is 11.8 Å². The number of tetrazole rings is 1. The van der Waals surface area contributed by atoms with Crippen molar-refractivity contribution in [2.24, 2.45) is 11.7 Å². The van der Waals surface area contributed by atoms with Gasteiger partial charge in [0.15, 0.2) is 5.82 Å². The van der Waals surface area contributed by atoms with Gasteiger partial charge in [0.2, 0.25) is 0 Å². The van der Waals surface area contributed by atoms with Gasteiger partial charge in [0.1, 0.15) is 6.54 Å². The summed E-state index contributed by atoms with van der Waals surface area (Å²) in [5.41, 5.74) is 5.98. The maximum Gasteiger partial charge on any atom is 0.327 e. The van der Waals surface area contributed by atoms with Crippen LogP contribution in [0, 0.1) is 5.92 Å². The zero-order valence-corrected chi connectivity index (χ0v) is 14.2. The molecule has 0 aromatic carbocycles. The molecule has 0 aliphatic heterocycles. The molecule has 8 nitrogen and oxygen atoms in total. The molecule has 23 heavy (non-hydrogen) atoms. The molecule has 0 amide bonds. The quantitative estimate of drug-likeness (QED) is 0.714. The van der Waals surface area contributed by atoms with E-state index in [0.717, 1.165) is 32.1 Å². The van der Waals surface area contributed by atoms with Gasteiger partial charge in [0.25, 0.3) is 0 Å². The number of hydrogen-bond donors (Lipinski definition) is 2. The van der Waals surface area contributed by atoms with E-state index in [1.54, 1.807) is 0 Å². The summed E-state index contributed by atoms with van der Waals surface area (Å²) in [6, 6.07) is 0.761. The fourth-order valence-electron chi connectivity index (χ4n) is 3.05. The molecule has 0 bridgehead atoms. The number of carbonyl (C=O) groups is 1. The van der Waals surface area contributed by atoms with Crippen molar-refractivity contribution in [3.05, 3.63) is 5.82 Å². The fourth-order valence-corrected chi connectivity index (χ4v) is 3.05. The van der Waals surface area contributed by atoms with E-state index >= 15 is 0 Å². The predicted molar refractivity (Wildman–Crippen MR) is 85.4 cm³/mol. The van der Waals surface area contributed by atoms with Gasteiger partial charge in [-0.15, -0.1) is 5.10 Å². The summed E-state index contributed by atoms with van der Waals surface area (Å²) in [4.78, 5) is 11.5. The molecule has 1 aromatic rings. The molecule has 0 spiro atoms. The second kappa shape index (κ2) is 8.35. The topological polar surface area (TPSA) is 108 Å². The number of nitrogens with two attached hydrogens (primary N) is 1. The number of rotatable bonds is 7. The highest BCUT2D eigenvalue weighted by atomic mass is 16.5. The summed E-state index contributed by atoms with van der Waals surface area (Å²) >= 11 is 0. The number of nitrogens with zero attached hydrogens (tertiary/aromatic N) is 4. The van der Waals surface area contributed by atoms with Gasteiger partial charge in [-0.05, 0) is 48.4 Å². The van der Waals surface area contributed by atoms with Gasteiger partial charge in [0.05, 0.1) is 13.2 Å². The van der Waals surface area contributed by atoms with E-state index in [4.69, 9.17) is 10.5 Å². The lowest BCUT2D eigenvalue weighted by molar-refractivity contribution is -0.141. The lowest BCUT2D eigenvalue weighted by atomic mass is 9.90. The van der Waals surface area contributed by atoms with Crippen molar-refractivity contribution < 1.29 is 9.53 Å². The van der Waals surface area contributed by atoms with Crippen LogP contribution in [-0.4, -0.2) is 45.4 Å². The Morgan fingerprint density at radius 3 is 2.70 bits per heavy atom. The Morgan fingerprint density at radius 1 is 1.39 bits per heavy atom. The molecule has 8 heteroatoms. The third-order valence-electron chi connectivity index (χ3n) is 4.29. The smallest absolute Gasteiger partial charge is 0.327 e. The molecule has 1 atom stereocenters. The number of esters is 1. The normalized spacial score (nSPS) is 23.0. The summed E-state index contributed by atoms with van der Waals surface area (Å²) in [6.45, 7) is 4.37. The number of ether oxygens (including phenoxy) is 1. The fraction of sp³-hybridized carbons (Fsp3) is 0.867. The van der Waals surface area contributed by atoms with Gasteiger partial charge in [0, 0.05) is 12.1 Å². The maximum absolute atomic E-state index is 11.5. The highest BCUT2D eigenvalue weighted by Crippen LogP contribution is 2.24. The molecule has 3 N–H and O–H groups in total. The third kappa shape index (κ3) is 5.24. The van der Waals surface area contributed by atoms with Crippen LogP contribution in [0.3, 0.4) is 0 Å². The van der Waals surface area contributed by atoms with Crippen LogP contribution in [0.2, 0.25) is 0 Å². The first-order chi connectivity index (χ1) is 11.0. The average molecular weight is 324 g/mol. The Labute approximate surface area is 137 Å².